The van der Waals surface area contributed by atoms with Gasteiger partial charge in [0.2, 0.25) is 0 Å². The van der Waals surface area contributed by atoms with Crippen LogP contribution in [-0.2, 0) is 18.9 Å². The Morgan fingerprint density at radius 1 is 0.588 bits per heavy atom. The fourth-order valence-electron chi connectivity index (χ4n) is 4.47. The van der Waals surface area contributed by atoms with E-state index in [1.165, 1.54) is 0 Å². The van der Waals surface area contributed by atoms with Crippen molar-refractivity contribution < 1.29 is 80.2 Å². The quantitative estimate of drug-likeness (QED) is 0.160. The number of rotatable bonds is 6. The zero-order chi connectivity index (χ0) is 25.5. The lowest BCUT2D eigenvalue weighted by Crippen LogP contribution is -2.78. The van der Waals surface area contributed by atoms with Gasteiger partial charge in [0, 0.05) is 0 Å². The van der Waals surface area contributed by atoms with E-state index in [4.69, 9.17) is 18.9 Å². The Morgan fingerprint density at radius 3 is 1.74 bits per heavy atom. The summed E-state index contributed by atoms with van der Waals surface area (Å²) in [6.07, 6.45) is -26.6. The monoisotopic (exact) mass is 504 g/mol. The Balaban J connectivity index is 1.93. The summed E-state index contributed by atoms with van der Waals surface area (Å²) in [4.78, 5) is 0. The lowest BCUT2D eigenvalue weighted by atomic mass is 9.74. The van der Waals surface area contributed by atoms with Crippen molar-refractivity contribution in [3.8, 4) is 0 Å². The Morgan fingerprint density at radius 2 is 1.18 bits per heavy atom. The van der Waals surface area contributed by atoms with E-state index in [0.29, 0.717) is 0 Å². The van der Waals surface area contributed by atoms with Crippen LogP contribution in [0.3, 0.4) is 0 Å². The molecular formula is C18H32O16. The molecule has 12 N–H and O–H groups in total. The van der Waals surface area contributed by atoms with Gasteiger partial charge in [-0.25, -0.2) is 0 Å². The van der Waals surface area contributed by atoms with Crippen LogP contribution in [-0.4, -0.2) is 173 Å². The van der Waals surface area contributed by atoms with Crippen LogP contribution < -0.4 is 0 Å². The Labute approximate surface area is 192 Å². The molecule has 3 saturated heterocycles. The molecule has 0 aromatic heterocycles. The predicted molar refractivity (Wildman–Crippen MR) is 101 cm³/mol. The summed E-state index contributed by atoms with van der Waals surface area (Å²) in [6, 6.07) is 0. The highest BCUT2D eigenvalue weighted by Crippen LogP contribution is 2.40. The molecule has 0 amide bonds. The van der Waals surface area contributed by atoms with Gasteiger partial charge in [0.05, 0.1) is 19.8 Å². The molecular weight excluding hydrogens is 472 g/mol. The highest BCUT2D eigenvalue weighted by molar-refractivity contribution is 5.12. The van der Waals surface area contributed by atoms with Crippen molar-refractivity contribution in [2.75, 3.05) is 19.8 Å². The molecule has 1 unspecified atom stereocenters. The first kappa shape index (κ1) is 27.9. The molecule has 3 rings (SSSR count). The van der Waals surface area contributed by atoms with E-state index >= 15 is 0 Å². The fourth-order valence-corrected chi connectivity index (χ4v) is 4.47. The highest BCUT2D eigenvalue weighted by atomic mass is 16.7. The summed E-state index contributed by atoms with van der Waals surface area (Å²) in [6.45, 7) is -2.69. The molecule has 0 aromatic carbocycles. The predicted octanol–water partition coefficient (Wildman–Crippen LogP) is -8.18. The first-order chi connectivity index (χ1) is 15.9. The van der Waals surface area contributed by atoms with Gasteiger partial charge in [-0.2, -0.15) is 0 Å². The van der Waals surface area contributed by atoms with E-state index < -0.39 is 111 Å². The van der Waals surface area contributed by atoms with Crippen molar-refractivity contribution in [1.82, 2.24) is 0 Å². The average molecular weight is 504 g/mol. The number of aliphatic hydroxyl groups is 12. The number of aliphatic hydroxyl groups excluding tert-OH is 11. The Bertz CT molecular complexity index is 666. The smallest absolute Gasteiger partial charge is 0.187 e. The van der Waals surface area contributed by atoms with E-state index in [9.17, 15) is 61.3 Å². The second kappa shape index (κ2) is 10.8. The molecule has 0 spiro atoms. The van der Waals surface area contributed by atoms with Crippen molar-refractivity contribution in [2.45, 2.75) is 91.4 Å². The normalized spacial score (nSPS) is 54.7. The van der Waals surface area contributed by atoms with Crippen LogP contribution >= 0.6 is 0 Å². The summed E-state index contributed by atoms with van der Waals surface area (Å²) >= 11 is 0. The minimum atomic E-state index is -2.96. The van der Waals surface area contributed by atoms with Crippen LogP contribution in [0.1, 0.15) is 0 Å². The second-order valence-corrected chi connectivity index (χ2v) is 8.58. The summed E-state index contributed by atoms with van der Waals surface area (Å²) in [5, 5.41) is 122. The van der Waals surface area contributed by atoms with Crippen molar-refractivity contribution >= 4 is 0 Å². The minimum absolute atomic E-state index is 0.836. The molecule has 200 valence electrons. The van der Waals surface area contributed by atoms with Crippen molar-refractivity contribution in [3.63, 3.8) is 0 Å². The second-order valence-electron chi connectivity index (χ2n) is 8.58. The summed E-state index contributed by atoms with van der Waals surface area (Å²) in [5.74, 6) is 0. The third kappa shape index (κ3) is 4.59. The zero-order valence-electron chi connectivity index (χ0n) is 17.7. The summed E-state index contributed by atoms with van der Waals surface area (Å²) < 4.78 is 20.9. The molecule has 0 saturated carbocycles. The van der Waals surface area contributed by atoms with Gasteiger partial charge >= 0.3 is 0 Å². The molecule has 3 aliphatic heterocycles. The fraction of sp³-hybridized carbons (Fsp3) is 1.00. The molecule has 0 aliphatic carbocycles. The highest BCUT2D eigenvalue weighted by Gasteiger charge is 2.65. The van der Waals surface area contributed by atoms with Gasteiger partial charge < -0.3 is 80.2 Å². The maximum absolute atomic E-state index is 11.3. The molecule has 0 radical (unpaired) electrons. The van der Waals surface area contributed by atoms with Crippen LogP contribution in [0.25, 0.3) is 0 Å². The molecule has 0 bridgehead atoms. The van der Waals surface area contributed by atoms with Crippen LogP contribution in [0.4, 0.5) is 0 Å². The Hall–Kier alpha value is -0.640. The number of ether oxygens (including phenoxy) is 4. The maximum atomic E-state index is 11.3. The molecule has 3 fully saturated rings. The van der Waals surface area contributed by atoms with E-state index in [1.807, 2.05) is 0 Å². The Kier molecular flexibility index (Phi) is 8.85. The van der Waals surface area contributed by atoms with Gasteiger partial charge in [-0.05, 0) is 0 Å². The molecule has 3 heterocycles. The average Bonchev–Trinajstić information content (AvgIpc) is 2.82. The first-order valence-electron chi connectivity index (χ1n) is 10.5. The summed E-state index contributed by atoms with van der Waals surface area (Å²) in [5.41, 5.74) is -2.96. The first-order valence-corrected chi connectivity index (χ1v) is 10.5. The largest absolute Gasteiger partial charge is 0.394 e. The lowest BCUT2D eigenvalue weighted by Gasteiger charge is -2.55. The van der Waals surface area contributed by atoms with E-state index in [1.54, 1.807) is 0 Å². The van der Waals surface area contributed by atoms with Crippen LogP contribution in [0.5, 0.6) is 0 Å². The molecule has 15 atom stereocenters. The van der Waals surface area contributed by atoms with Gasteiger partial charge in [0.25, 0.3) is 0 Å². The molecule has 0 aromatic rings. The van der Waals surface area contributed by atoms with Crippen LogP contribution in [0.2, 0.25) is 0 Å². The topological polar surface area (TPSA) is 280 Å². The number of hydrogen-bond donors (Lipinski definition) is 12. The van der Waals surface area contributed by atoms with Gasteiger partial charge in [0.1, 0.15) is 73.2 Å². The van der Waals surface area contributed by atoms with Gasteiger partial charge in [0.15, 0.2) is 18.2 Å². The number of hydrogen-bond acceptors (Lipinski definition) is 16. The molecule has 3 aliphatic rings. The van der Waals surface area contributed by atoms with Crippen LogP contribution in [0.15, 0.2) is 0 Å². The van der Waals surface area contributed by atoms with E-state index in [0.717, 1.165) is 0 Å². The van der Waals surface area contributed by atoms with E-state index in [2.05, 4.69) is 0 Å². The zero-order valence-corrected chi connectivity index (χ0v) is 17.7. The van der Waals surface area contributed by atoms with Gasteiger partial charge in [-0.1, -0.05) is 0 Å². The summed E-state index contributed by atoms with van der Waals surface area (Å²) in [7, 11) is 0. The maximum Gasteiger partial charge on any atom is 0.187 e. The standard InChI is InChI=1S/C18H32O16/c19-1-4-7(22)8(23)10(25)15(31-4)18(30)13(27)6(3-21)33-17(14(18)28)34-12-5(2-20)32-16(29)11(26)9(12)24/h4-17,19-30H,1-3H2/t4-,5-,6-,7+,8+,9-,10-,11-,12-,13+,14+,15+,16?,17+,18+/m1/s1. The van der Waals surface area contributed by atoms with Crippen molar-refractivity contribution in [3.05, 3.63) is 0 Å². The molecule has 16 nitrogen and oxygen atoms in total. The molecule has 34 heavy (non-hydrogen) atoms. The van der Waals surface area contributed by atoms with Crippen LogP contribution in [0, 0.1) is 0 Å². The minimum Gasteiger partial charge on any atom is -0.394 e. The molecule has 16 heteroatoms. The van der Waals surface area contributed by atoms with Crippen molar-refractivity contribution in [1.29, 1.82) is 0 Å². The SMILES string of the molecule is OC[C@H]1O[C@H]([C@@]2(O)[C@@H](O)[C@H](O[C@H]3[C@H](O)[C@@H](O)C(O)O[C@@H]3CO)O[C@H](CO)[C@@H]2O)[C@H](O)[C@@H](O)[C@H]1O. The third-order valence-corrected chi connectivity index (χ3v) is 6.52. The van der Waals surface area contributed by atoms with E-state index in [-0.39, 0.29) is 0 Å². The lowest BCUT2D eigenvalue weighted by molar-refractivity contribution is -0.393. The van der Waals surface area contributed by atoms with Crippen molar-refractivity contribution in [2.24, 2.45) is 0 Å². The van der Waals surface area contributed by atoms with Gasteiger partial charge in [-0.3, -0.25) is 0 Å². The van der Waals surface area contributed by atoms with Gasteiger partial charge in [-0.15, -0.1) is 0 Å². The third-order valence-electron chi connectivity index (χ3n) is 6.52.